The average molecular weight is 252 g/mol. The number of hydrogen-bond acceptors (Lipinski definition) is 2. The van der Waals surface area contributed by atoms with E-state index in [9.17, 15) is 18.0 Å². The third kappa shape index (κ3) is 5.91. The van der Waals surface area contributed by atoms with Gasteiger partial charge in [-0.15, -0.1) is 0 Å². The number of carbonyl (C=O) groups is 1. The van der Waals surface area contributed by atoms with Crippen LogP contribution < -0.4 is 10.6 Å². The number of carbonyl (C=O) groups excluding carboxylic acids is 1. The number of amides is 1. The van der Waals surface area contributed by atoms with E-state index in [1.807, 2.05) is 6.92 Å². The van der Waals surface area contributed by atoms with Crippen LogP contribution in [0, 0.1) is 0 Å². The Morgan fingerprint density at radius 3 is 2.35 bits per heavy atom. The predicted octanol–water partition coefficient (Wildman–Crippen LogP) is 1.98. The van der Waals surface area contributed by atoms with E-state index >= 15 is 0 Å². The molecule has 2 N–H and O–H groups in total. The maximum atomic E-state index is 11.8. The van der Waals surface area contributed by atoms with Crippen LogP contribution in [0.15, 0.2) is 0 Å². The lowest BCUT2D eigenvalue weighted by atomic mass is 9.83. The molecule has 1 saturated carbocycles. The van der Waals surface area contributed by atoms with Gasteiger partial charge in [0.15, 0.2) is 0 Å². The second-order valence-electron chi connectivity index (χ2n) is 4.89. The normalized spacial score (nSPS) is 20.0. The van der Waals surface area contributed by atoms with Crippen LogP contribution in [0.4, 0.5) is 13.2 Å². The maximum Gasteiger partial charge on any atom is 0.401 e. The van der Waals surface area contributed by atoms with Crippen molar-refractivity contribution in [3.05, 3.63) is 0 Å². The number of halogens is 3. The first-order chi connectivity index (χ1) is 7.81. The first-order valence-electron chi connectivity index (χ1n) is 5.89. The molecule has 17 heavy (non-hydrogen) atoms. The Bertz CT molecular complexity index is 260. The molecular formula is C11H19F3N2O. The van der Waals surface area contributed by atoms with Crippen molar-refractivity contribution in [2.75, 3.05) is 13.1 Å². The summed E-state index contributed by atoms with van der Waals surface area (Å²) in [7, 11) is 0. The van der Waals surface area contributed by atoms with Crippen LogP contribution in [0.1, 0.15) is 39.0 Å². The Balaban J connectivity index is 2.24. The van der Waals surface area contributed by atoms with Crippen molar-refractivity contribution in [3.63, 3.8) is 0 Å². The summed E-state index contributed by atoms with van der Waals surface area (Å²) in [6, 6.07) is 0. The van der Waals surface area contributed by atoms with Crippen LogP contribution >= 0.6 is 0 Å². The highest BCUT2D eigenvalue weighted by Gasteiger charge is 2.29. The Kier molecular flexibility index (Phi) is 4.80. The van der Waals surface area contributed by atoms with Gasteiger partial charge >= 0.3 is 6.18 Å². The van der Waals surface area contributed by atoms with Gasteiger partial charge in [-0.25, -0.2) is 0 Å². The summed E-state index contributed by atoms with van der Waals surface area (Å²) in [4.78, 5) is 11.5. The molecule has 0 atom stereocenters. The average Bonchev–Trinajstić information content (AvgIpc) is 2.15. The van der Waals surface area contributed by atoms with E-state index in [0.29, 0.717) is 0 Å². The fraction of sp³-hybridized carbons (Fsp3) is 0.909. The van der Waals surface area contributed by atoms with Crippen molar-refractivity contribution in [2.45, 2.75) is 50.7 Å². The highest BCUT2D eigenvalue weighted by Crippen LogP contribution is 2.27. The number of alkyl halides is 3. The molecular weight excluding hydrogens is 233 g/mol. The smallest absolute Gasteiger partial charge is 0.350 e. The largest absolute Gasteiger partial charge is 0.401 e. The van der Waals surface area contributed by atoms with E-state index in [4.69, 9.17) is 0 Å². The quantitative estimate of drug-likeness (QED) is 0.803. The van der Waals surface area contributed by atoms with Crippen LogP contribution in [0.2, 0.25) is 0 Å². The standard InChI is InChI=1S/C11H19F3N2O/c1-10(5-3-2-4-6-10)16-9(17)7-15-8-11(12,13)14/h15H,2-8H2,1H3,(H,16,17). The first-order valence-corrected chi connectivity index (χ1v) is 5.89. The molecule has 6 heteroatoms. The number of hydrogen-bond donors (Lipinski definition) is 2. The van der Waals surface area contributed by atoms with Crippen molar-refractivity contribution < 1.29 is 18.0 Å². The van der Waals surface area contributed by atoms with Gasteiger partial charge in [0.1, 0.15) is 0 Å². The lowest BCUT2D eigenvalue weighted by Crippen LogP contribution is -2.50. The second-order valence-corrected chi connectivity index (χ2v) is 4.89. The Morgan fingerprint density at radius 1 is 1.24 bits per heavy atom. The molecule has 1 aliphatic rings. The molecule has 1 amide bonds. The summed E-state index contributed by atoms with van der Waals surface area (Å²) in [6.45, 7) is 0.542. The molecule has 0 aromatic carbocycles. The molecule has 0 unspecified atom stereocenters. The van der Waals surface area contributed by atoms with Gasteiger partial charge in [-0.05, 0) is 19.8 Å². The van der Waals surface area contributed by atoms with Gasteiger partial charge in [-0.2, -0.15) is 13.2 Å². The van der Waals surface area contributed by atoms with Crippen LogP contribution in [0.5, 0.6) is 0 Å². The van der Waals surface area contributed by atoms with E-state index in [0.717, 1.165) is 32.1 Å². The fourth-order valence-electron chi connectivity index (χ4n) is 2.16. The first kappa shape index (κ1) is 14.3. The maximum absolute atomic E-state index is 11.8. The molecule has 0 saturated heterocycles. The minimum Gasteiger partial charge on any atom is -0.350 e. The van der Waals surface area contributed by atoms with Gasteiger partial charge in [-0.3, -0.25) is 4.79 Å². The Hall–Kier alpha value is -0.780. The van der Waals surface area contributed by atoms with Gasteiger partial charge in [-0.1, -0.05) is 19.3 Å². The van der Waals surface area contributed by atoms with E-state index < -0.39 is 12.7 Å². The molecule has 1 rings (SSSR count). The fourth-order valence-corrected chi connectivity index (χ4v) is 2.16. The van der Waals surface area contributed by atoms with Gasteiger partial charge in [0.05, 0.1) is 13.1 Å². The van der Waals surface area contributed by atoms with Crippen LogP contribution in [-0.4, -0.2) is 30.7 Å². The summed E-state index contributed by atoms with van der Waals surface area (Å²) in [5.41, 5.74) is -0.241. The van der Waals surface area contributed by atoms with Crippen molar-refractivity contribution in [3.8, 4) is 0 Å². The lowest BCUT2D eigenvalue weighted by Gasteiger charge is -2.34. The highest BCUT2D eigenvalue weighted by atomic mass is 19.4. The molecule has 0 heterocycles. The molecule has 0 bridgehead atoms. The molecule has 0 aromatic rings. The molecule has 0 spiro atoms. The van der Waals surface area contributed by atoms with Gasteiger partial charge < -0.3 is 10.6 Å². The molecule has 100 valence electrons. The summed E-state index contributed by atoms with van der Waals surface area (Å²) >= 11 is 0. The third-order valence-electron chi connectivity index (χ3n) is 3.01. The number of rotatable bonds is 4. The summed E-state index contributed by atoms with van der Waals surface area (Å²) in [5.74, 6) is -0.362. The molecule has 0 radical (unpaired) electrons. The minimum absolute atomic E-state index is 0.241. The summed E-state index contributed by atoms with van der Waals surface area (Å²) < 4.78 is 35.5. The van der Waals surface area contributed by atoms with Crippen molar-refractivity contribution in [1.82, 2.24) is 10.6 Å². The lowest BCUT2D eigenvalue weighted by molar-refractivity contribution is -0.129. The van der Waals surface area contributed by atoms with E-state index in [1.165, 1.54) is 0 Å². The third-order valence-corrected chi connectivity index (χ3v) is 3.01. The zero-order valence-corrected chi connectivity index (χ0v) is 9.99. The van der Waals surface area contributed by atoms with E-state index in [2.05, 4.69) is 10.6 Å². The van der Waals surface area contributed by atoms with Gasteiger partial charge in [0.2, 0.25) is 5.91 Å². The summed E-state index contributed by atoms with van der Waals surface area (Å²) in [5, 5.41) is 4.91. The molecule has 0 aliphatic heterocycles. The molecule has 1 fully saturated rings. The van der Waals surface area contributed by atoms with Crippen LogP contribution in [-0.2, 0) is 4.79 Å². The highest BCUT2D eigenvalue weighted by molar-refractivity contribution is 5.78. The number of nitrogens with one attached hydrogen (secondary N) is 2. The SMILES string of the molecule is CC1(NC(=O)CNCC(F)(F)F)CCCCC1. The van der Waals surface area contributed by atoms with Crippen molar-refractivity contribution >= 4 is 5.91 Å². The van der Waals surface area contributed by atoms with Crippen molar-refractivity contribution in [1.29, 1.82) is 0 Å². The Morgan fingerprint density at radius 2 is 1.82 bits per heavy atom. The zero-order chi connectivity index (χ0) is 12.9. The summed E-state index contributed by atoms with van der Waals surface area (Å²) in [6.07, 6.45) is 0.822. The molecule has 3 nitrogen and oxygen atoms in total. The molecule has 0 aromatic heterocycles. The van der Waals surface area contributed by atoms with Gasteiger partial charge in [0.25, 0.3) is 0 Å². The topological polar surface area (TPSA) is 41.1 Å². The van der Waals surface area contributed by atoms with Crippen LogP contribution in [0.3, 0.4) is 0 Å². The second kappa shape index (κ2) is 5.71. The zero-order valence-electron chi connectivity index (χ0n) is 9.99. The predicted molar refractivity (Wildman–Crippen MR) is 58.6 cm³/mol. The van der Waals surface area contributed by atoms with E-state index in [1.54, 1.807) is 0 Å². The molecule has 1 aliphatic carbocycles. The Labute approximate surface area is 99.1 Å². The van der Waals surface area contributed by atoms with Crippen molar-refractivity contribution in [2.24, 2.45) is 0 Å². The van der Waals surface area contributed by atoms with Crippen LogP contribution in [0.25, 0.3) is 0 Å². The van der Waals surface area contributed by atoms with E-state index in [-0.39, 0.29) is 18.0 Å². The monoisotopic (exact) mass is 252 g/mol. The van der Waals surface area contributed by atoms with Gasteiger partial charge in [0, 0.05) is 5.54 Å². The minimum atomic E-state index is -4.27.